The molecule has 16 heavy (non-hydrogen) atoms. The van der Waals surface area contributed by atoms with E-state index >= 15 is 0 Å². The Hall–Kier alpha value is -0.120. The van der Waals surface area contributed by atoms with Crippen LogP contribution in [0.5, 0.6) is 0 Å². The molecule has 1 rings (SSSR count). The molecule has 1 fully saturated rings. The van der Waals surface area contributed by atoms with Crippen LogP contribution in [0, 0.1) is 5.92 Å². The molecule has 3 unspecified atom stereocenters. The van der Waals surface area contributed by atoms with Gasteiger partial charge < -0.3 is 14.8 Å². The van der Waals surface area contributed by atoms with Crippen LogP contribution in [0.15, 0.2) is 0 Å². The van der Waals surface area contributed by atoms with Crippen LogP contribution in [-0.4, -0.2) is 39.0 Å². The Labute approximate surface area is 99.9 Å². The predicted octanol–water partition coefficient (Wildman–Crippen LogP) is 2.21. The van der Waals surface area contributed by atoms with Gasteiger partial charge in [-0.15, -0.1) is 0 Å². The third kappa shape index (κ3) is 4.40. The smallest absolute Gasteiger partial charge is 0.0590 e. The van der Waals surface area contributed by atoms with Gasteiger partial charge in [0.1, 0.15) is 0 Å². The number of hydrogen-bond acceptors (Lipinski definition) is 3. The average Bonchev–Trinajstić information content (AvgIpc) is 2.70. The molecule has 1 aliphatic rings. The van der Waals surface area contributed by atoms with Gasteiger partial charge in [0, 0.05) is 32.3 Å². The Morgan fingerprint density at radius 3 is 2.88 bits per heavy atom. The first-order valence-electron chi connectivity index (χ1n) is 6.63. The fourth-order valence-electron chi connectivity index (χ4n) is 2.52. The van der Waals surface area contributed by atoms with Gasteiger partial charge in [0.25, 0.3) is 0 Å². The fraction of sp³-hybridized carbons (Fsp3) is 1.00. The summed E-state index contributed by atoms with van der Waals surface area (Å²) in [6, 6.07) is 0.604. The van der Waals surface area contributed by atoms with Crippen LogP contribution < -0.4 is 5.32 Å². The monoisotopic (exact) mass is 229 g/mol. The van der Waals surface area contributed by atoms with Crippen molar-refractivity contribution < 1.29 is 9.47 Å². The number of ether oxygens (including phenoxy) is 2. The first-order valence-corrected chi connectivity index (χ1v) is 6.63. The highest BCUT2D eigenvalue weighted by Crippen LogP contribution is 2.26. The normalized spacial score (nSPS) is 27.2. The van der Waals surface area contributed by atoms with Crippen molar-refractivity contribution >= 4 is 0 Å². The van der Waals surface area contributed by atoms with Crippen LogP contribution in [0.3, 0.4) is 0 Å². The Kier molecular flexibility index (Phi) is 7.01. The largest absolute Gasteiger partial charge is 0.385 e. The second-order valence-electron chi connectivity index (χ2n) is 4.72. The molecule has 0 bridgehead atoms. The summed E-state index contributed by atoms with van der Waals surface area (Å²) in [6.45, 7) is 7.33. The van der Waals surface area contributed by atoms with E-state index in [0.29, 0.717) is 18.1 Å². The van der Waals surface area contributed by atoms with Gasteiger partial charge in [0.15, 0.2) is 0 Å². The Bertz CT molecular complexity index is 175. The van der Waals surface area contributed by atoms with E-state index in [4.69, 9.17) is 9.47 Å². The van der Waals surface area contributed by atoms with Crippen molar-refractivity contribution in [1.29, 1.82) is 0 Å². The van der Waals surface area contributed by atoms with Gasteiger partial charge in [-0.1, -0.05) is 6.92 Å². The molecule has 0 radical (unpaired) electrons. The van der Waals surface area contributed by atoms with Crippen molar-refractivity contribution in [2.75, 3.05) is 26.9 Å². The molecule has 1 N–H and O–H groups in total. The molecule has 1 aliphatic heterocycles. The molecule has 1 heterocycles. The number of rotatable bonds is 8. The maximum Gasteiger partial charge on any atom is 0.0590 e. The highest BCUT2D eigenvalue weighted by atomic mass is 16.5. The zero-order valence-corrected chi connectivity index (χ0v) is 11.0. The van der Waals surface area contributed by atoms with Crippen LogP contribution in [0.25, 0.3) is 0 Å². The van der Waals surface area contributed by atoms with E-state index in [-0.39, 0.29) is 0 Å². The Morgan fingerprint density at radius 1 is 1.50 bits per heavy atom. The summed E-state index contributed by atoms with van der Waals surface area (Å²) in [5.41, 5.74) is 0. The van der Waals surface area contributed by atoms with E-state index in [2.05, 4.69) is 19.2 Å². The topological polar surface area (TPSA) is 30.5 Å². The van der Waals surface area contributed by atoms with Crippen molar-refractivity contribution in [2.45, 2.75) is 51.7 Å². The van der Waals surface area contributed by atoms with Crippen molar-refractivity contribution in [3.8, 4) is 0 Å². The standard InChI is InChI=1S/C13H27NO2/c1-4-8-14-13(6-5-9-15-3)12-7-10-16-11(12)2/h11-14H,4-10H2,1-3H3. The van der Waals surface area contributed by atoms with E-state index in [0.717, 1.165) is 26.2 Å². The van der Waals surface area contributed by atoms with Crippen molar-refractivity contribution in [1.82, 2.24) is 5.32 Å². The number of nitrogens with one attached hydrogen (secondary N) is 1. The van der Waals surface area contributed by atoms with Crippen molar-refractivity contribution in [3.05, 3.63) is 0 Å². The van der Waals surface area contributed by atoms with Gasteiger partial charge >= 0.3 is 0 Å². The average molecular weight is 229 g/mol. The maximum absolute atomic E-state index is 5.66. The van der Waals surface area contributed by atoms with E-state index in [9.17, 15) is 0 Å². The van der Waals surface area contributed by atoms with Gasteiger partial charge in [-0.05, 0) is 39.2 Å². The molecule has 96 valence electrons. The second kappa shape index (κ2) is 8.04. The summed E-state index contributed by atoms with van der Waals surface area (Å²) < 4.78 is 10.8. The zero-order valence-electron chi connectivity index (χ0n) is 11.0. The maximum atomic E-state index is 5.66. The quantitative estimate of drug-likeness (QED) is 0.647. The minimum Gasteiger partial charge on any atom is -0.385 e. The number of hydrogen-bond donors (Lipinski definition) is 1. The lowest BCUT2D eigenvalue weighted by Gasteiger charge is -2.27. The molecule has 0 aromatic carbocycles. The molecule has 0 aliphatic carbocycles. The summed E-state index contributed by atoms with van der Waals surface area (Å²) in [5, 5.41) is 3.67. The van der Waals surface area contributed by atoms with Gasteiger partial charge in [0.2, 0.25) is 0 Å². The van der Waals surface area contributed by atoms with Crippen LogP contribution in [0.2, 0.25) is 0 Å². The van der Waals surface area contributed by atoms with E-state index in [1.165, 1.54) is 19.3 Å². The summed E-state index contributed by atoms with van der Waals surface area (Å²) in [7, 11) is 1.77. The van der Waals surface area contributed by atoms with Gasteiger partial charge in [-0.2, -0.15) is 0 Å². The molecule has 0 saturated carbocycles. The minimum absolute atomic E-state index is 0.414. The summed E-state index contributed by atoms with van der Waals surface area (Å²) >= 11 is 0. The highest BCUT2D eigenvalue weighted by molar-refractivity contribution is 4.84. The molecule has 0 amide bonds. The third-order valence-electron chi connectivity index (χ3n) is 3.47. The molecular weight excluding hydrogens is 202 g/mol. The van der Waals surface area contributed by atoms with Crippen LogP contribution in [0.1, 0.15) is 39.5 Å². The minimum atomic E-state index is 0.414. The SMILES string of the molecule is CCCNC(CCCOC)C1CCOC1C. The summed E-state index contributed by atoms with van der Waals surface area (Å²) in [4.78, 5) is 0. The van der Waals surface area contributed by atoms with E-state index in [1.54, 1.807) is 7.11 Å². The van der Waals surface area contributed by atoms with Crippen LogP contribution in [-0.2, 0) is 9.47 Å². The predicted molar refractivity (Wildman–Crippen MR) is 66.7 cm³/mol. The second-order valence-corrected chi connectivity index (χ2v) is 4.72. The fourth-order valence-corrected chi connectivity index (χ4v) is 2.52. The molecule has 1 saturated heterocycles. The first kappa shape index (κ1) is 13.9. The Balaban J connectivity index is 2.35. The van der Waals surface area contributed by atoms with E-state index < -0.39 is 0 Å². The third-order valence-corrected chi connectivity index (χ3v) is 3.47. The molecule has 0 aromatic heterocycles. The molecular formula is C13H27NO2. The molecule has 3 nitrogen and oxygen atoms in total. The number of methoxy groups -OCH3 is 1. The zero-order chi connectivity index (χ0) is 11.8. The molecule has 0 aromatic rings. The van der Waals surface area contributed by atoms with Crippen molar-refractivity contribution in [3.63, 3.8) is 0 Å². The van der Waals surface area contributed by atoms with E-state index in [1.807, 2.05) is 0 Å². The summed E-state index contributed by atoms with van der Waals surface area (Å²) in [5.74, 6) is 0.684. The highest BCUT2D eigenvalue weighted by Gasteiger charge is 2.30. The van der Waals surface area contributed by atoms with Gasteiger partial charge in [-0.25, -0.2) is 0 Å². The van der Waals surface area contributed by atoms with Gasteiger partial charge in [-0.3, -0.25) is 0 Å². The first-order chi connectivity index (χ1) is 7.79. The lowest BCUT2D eigenvalue weighted by Crippen LogP contribution is -2.39. The summed E-state index contributed by atoms with van der Waals surface area (Å²) in [6.07, 6.45) is 5.16. The van der Waals surface area contributed by atoms with Gasteiger partial charge in [0.05, 0.1) is 6.10 Å². The lowest BCUT2D eigenvalue weighted by molar-refractivity contribution is 0.0922. The molecule has 0 spiro atoms. The molecule has 3 atom stereocenters. The van der Waals surface area contributed by atoms with Crippen molar-refractivity contribution in [2.24, 2.45) is 5.92 Å². The molecule has 3 heteroatoms. The lowest BCUT2D eigenvalue weighted by atomic mass is 9.90. The van der Waals surface area contributed by atoms with Crippen LogP contribution in [0.4, 0.5) is 0 Å². The Morgan fingerprint density at radius 2 is 2.31 bits per heavy atom. The van der Waals surface area contributed by atoms with Crippen LogP contribution >= 0.6 is 0 Å².